The SMILES string of the molecule is C=CC(=O)NC1CN(S(=O)(=O)c2cc(C(=O)NCCc3ccccc3)co2)C1. The summed E-state index contributed by atoms with van der Waals surface area (Å²) in [5, 5.41) is 5.07. The Labute approximate surface area is 163 Å². The molecule has 1 aromatic heterocycles. The van der Waals surface area contributed by atoms with Crippen LogP contribution in [-0.2, 0) is 21.2 Å². The van der Waals surface area contributed by atoms with Gasteiger partial charge in [-0.2, -0.15) is 4.31 Å². The lowest BCUT2D eigenvalue weighted by molar-refractivity contribution is -0.117. The summed E-state index contributed by atoms with van der Waals surface area (Å²) in [7, 11) is -3.84. The van der Waals surface area contributed by atoms with Crippen LogP contribution in [0.4, 0.5) is 0 Å². The number of amides is 2. The fourth-order valence-electron chi connectivity index (χ4n) is 2.75. The van der Waals surface area contributed by atoms with Crippen LogP contribution in [0.3, 0.4) is 0 Å². The van der Waals surface area contributed by atoms with Crippen molar-refractivity contribution in [1.82, 2.24) is 14.9 Å². The van der Waals surface area contributed by atoms with Gasteiger partial charge in [-0.1, -0.05) is 36.9 Å². The zero-order valence-electron chi connectivity index (χ0n) is 15.1. The molecule has 1 aliphatic rings. The lowest BCUT2D eigenvalue weighted by Gasteiger charge is -2.37. The Balaban J connectivity index is 1.53. The van der Waals surface area contributed by atoms with Crippen LogP contribution in [0.2, 0.25) is 0 Å². The molecule has 0 aliphatic carbocycles. The van der Waals surface area contributed by atoms with Crippen LogP contribution in [0, 0.1) is 0 Å². The van der Waals surface area contributed by atoms with Crippen molar-refractivity contribution in [3.63, 3.8) is 0 Å². The van der Waals surface area contributed by atoms with E-state index in [0.29, 0.717) is 13.0 Å². The minimum absolute atomic E-state index is 0.140. The van der Waals surface area contributed by atoms with Crippen molar-refractivity contribution in [2.75, 3.05) is 19.6 Å². The second-order valence-corrected chi connectivity index (χ2v) is 8.25. The van der Waals surface area contributed by atoms with Crippen LogP contribution in [0.15, 0.2) is 64.8 Å². The van der Waals surface area contributed by atoms with E-state index in [4.69, 9.17) is 4.42 Å². The highest BCUT2D eigenvalue weighted by Gasteiger charge is 2.39. The molecule has 1 saturated heterocycles. The van der Waals surface area contributed by atoms with Crippen molar-refractivity contribution < 1.29 is 22.4 Å². The second kappa shape index (κ2) is 8.41. The fraction of sp³-hybridized carbons (Fsp3) is 0.263. The Morgan fingerprint density at radius 3 is 2.64 bits per heavy atom. The first-order valence-corrected chi connectivity index (χ1v) is 10.2. The molecule has 1 aliphatic heterocycles. The molecular weight excluding hydrogens is 382 g/mol. The number of carbonyl (C=O) groups is 2. The highest BCUT2D eigenvalue weighted by atomic mass is 32.2. The molecule has 0 unspecified atom stereocenters. The lowest BCUT2D eigenvalue weighted by Crippen LogP contribution is -2.60. The van der Waals surface area contributed by atoms with Gasteiger partial charge in [-0.05, 0) is 18.1 Å². The molecule has 28 heavy (non-hydrogen) atoms. The summed E-state index contributed by atoms with van der Waals surface area (Å²) in [5.41, 5.74) is 1.23. The van der Waals surface area contributed by atoms with E-state index in [2.05, 4.69) is 17.2 Å². The molecular formula is C19H21N3O5S. The van der Waals surface area contributed by atoms with Crippen LogP contribution in [0.25, 0.3) is 0 Å². The van der Waals surface area contributed by atoms with E-state index in [0.717, 1.165) is 17.9 Å². The number of furan rings is 1. The van der Waals surface area contributed by atoms with Gasteiger partial charge in [0.25, 0.3) is 15.9 Å². The third kappa shape index (κ3) is 4.49. The molecule has 9 heteroatoms. The maximum absolute atomic E-state index is 12.5. The van der Waals surface area contributed by atoms with Crippen molar-refractivity contribution in [3.05, 3.63) is 66.4 Å². The molecule has 0 bridgehead atoms. The van der Waals surface area contributed by atoms with E-state index < -0.39 is 15.9 Å². The first kappa shape index (κ1) is 19.8. The molecule has 0 radical (unpaired) electrons. The molecule has 0 saturated carbocycles. The second-order valence-electron chi connectivity index (χ2n) is 6.38. The van der Waals surface area contributed by atoms with Crippen LogP contribution < -0.4 is 10.6 Å². The number of benzene rings is 1. The van der Waals surface area contributed by atoms with Gasteiger partial charge in [0.2, 0.25) is 11.0 Å². The summed E-state index contributed by atoms with van der Waals surface area (Å²) in [5.74, 6) is -0.754. The van der Waals surface area contributed by atoms with Gasteiger partial charge in [-0.25, -0.2) is 8.42 Å². The van der Waals surface area contributed by atoms with Gasteiger partial charge in [0, 0.05) is 25.7 Å². The molecule has 148 valence electrons. The van der Waals surface area contributed by atoms with Gasteiger partial charge in [0.05, 0.1) is 11.6 Å². The zero-order chi connectivity index (χ0) is 20.1. The van der Waals surface area contributed by atoms with Crippen molar-refractivity contribution in [3.8, 4) is 0 Å². The highest BCUT2D eigenvalue weighted by Crippen LogP contribution is 2.23. The summed E-state index contributed by atoms with van der Waals surface area (Å²) >= 11 is 0. The molecule has 0 spiro atoms. The summed E-state index contributed by atoms with van der Waals surface area (Å²) in [6.07, 6.45) is 2.93. The molecule has 1 aromatic carbocycles. The number of rotatable bonds is 8. The number of hydrogen-bond acceptors (Lipinski definition) is 5. The zero-order valence-corrected chi connectivity index (χ0v) is 15.9. The maximum atomic E-state index is 12.5. The average molecular weight is 403 g/mol. The summed E-state index contributed by atoms with van der Waals surface area (Å²) in [4.78, 5) is 23.4. The van der Waals surface area contributed by atoms with Gasteiger partial charge in [-0.15, -0.1) is 0 Å². The summed E-state index contributed by atoms with van der Waals surface area (Å²) in [6.45, 7) is 4.05. The molecule has 2 amide bonds. The molecule has 0 atom stereocenters. The summed E-state index contributed by atoms with van der Waals surface area (Å²) in [6, 6.07) is 10.6. The molecule has 8 nitrogen and oxygen atoms in total. The first-order valence-electron chi connectivity index (χ1n) is 8.74. The molecule has 3 rings (SSSR count). The lowest BCUT2D eigenvalue weighted by atomic mass is 10.1. The largest absolute Gasteiger partial charge is 0.451 e. The molecule has 2 heterocycles. The van der Waals surface area contributed by atoms with Gasteiger partial charge < -0.3 is 15.1 Å². The number of nitrogens with zero attached hydrogens (tertiary/aromatic N) is 1. The first-order chi connectivity index (χ1) is 13.4. The summed E-state index contributed by atoms with van der Waals surface area (Å²) < 4.78 is 31.3. The Bertz CT molecular complexity index is 962. The monoisotopic (exact) mass is 403 g/mol. The van der Waals surface area contributed by atoms with E-state index in [9.17, 15) is 18.0 Å². The highest BCUT2D eigenvalue weighted by molar-refractivity contribution is 7.89. The van der Waals surface area contributed by atoms with E-state index >= 15 is 0 Å². The standard InChI is InChI=1S/C19H21N3O5S/c1-2-17(23)21-16-11-22(12-16)28(25,26)18-10-15(13-27-18)19(24)20-9-8-14-6-4-3-5-7-14/h2-7,10,13,16H,1,8-9,11-12H2,(H,20,24)(H,21,23). The van der Waals surface area contributed by atoms with Crippen LogP contribution >= 0.6 is 0 Å². The topological polar surface area (TPSA) is 109 Å². The predicted molar refractivity (Wildman–Crippen MR) is 102 cm³/mol. The average Bonchev–Trinajstić information content (AvgIpc) is 3.16. The smallest absolute Gasteiger partial charge is 0.276 e. The Morgan fingerprint density at radius 1 is 1.25 bits per heavy atom. The van der Waals surface area contributed by atoms with Gasteiger partial charge >= 0.3 is 0 Å². The van der Waals surface area contributed by atoms with Crippen LogP contribution in [-0.4, -0.2) is 50.2 Å². The van der Waals surface area contributed by atoms with Gasteiger partial charge in [0.1, 0.15) is 6.26 Å². The van der Waals surface area contributed by atoms with E-state index in [-0.39, 0.29) is 35.7 Å². The minimum Gasteiger partial charge on any atom is -0.451 e. The van der Waals surface area contributed by atoms with Crippen molar-refractivity contribution in [2.45, 2.75) is 17.6 Å². The quantitative estimate of drug-likeness (QED) is 0.638. The third-order valence-electron chi connectivity index (χ3n) is 4.35. The van der Waals surface area contributed by atoms with Crippen LogP contribution in [0.5, 0.6) is 0 Å². The fourth-order valence-corrected chi connectivity index (χ4v) is 4.20. The number of hydrogen-bond donors (Lipinski definition) is 2. The van der Waals surface area contributed by atoms with Gasteiger partial charge in [-0.3, -0.25) is 9.59 Å². The van der Waals surface area contributed by atoms with Crippen molar-refractivity contribution in [2.24, 2.45) is 0 Å². The Morgan fingerprint density at radius 2 is 1.96 bits per heavy atom. The molecule has 2 N–H and O–H groups in total. The van der Waals surface area contributed by atoms with E-state index in [1.165, 1.54) is 10.4 Å². The van der Waals surface area contributed by atoms with Crippen molar-refractivity contribution >= 4 is 21.8 Å². The van der Waals surface area contributed by atoms with Gasteiger partial charge in [0.15, 0.2) is 0 Å². The Kier molecular flexibility index (Phi) is 5.96. The van der Waals surface area contributed by atoms with Crippen molar-refractivity contribution in [1.29, 1.82) is 0 Å². The molecule has 1 fully saturated rings. The number of sulfonamides is 1. The molecule has 2 aromatic rings. The van der Waals surface area contributed by atoms with E-state index in [1.54, 1.807) is 0 Å². The van der Waals surface area contributed by atoms with Crippen LogP contribution in [0.1, 0.15) is 15.9 Å². The Hall–Kier alpha value is -2.91. The van der Waals surface area contributed by atoms with E-state index in [1.807, 2.05) is 30.3 Å². The predicted octanol–water partition coefficient (Wildman–Crippen LogP) is 0.927. The minimum atomic E-state index is -3.84. The number of carbonyl (C=O) groups excluding carboxylic acids is 2. The normalized spacial score (nSPS) is 14.9. The maximum Gasteiger partial charge on any atom is 0.276 e. The third-order valence-corrected chi connectivity index (χ3v) is 6.05. The number of nitrogens with one attached hydrogen (secondary N) is 2.